The van der Waals surface area contributed by atoms with Crippen molar-refractivity contribution in [2.45, 2.75) is 63.6 Å². The van der Waals surface area contributed by atoms with Crippen LogP contribution in [-0.4, -0.2) is 35.9 Å². The highest BCUT2D eigenvalue weighted by molar-refractivity contribution is 5.96. The van der Waals surface area contributed by atoms with Crippen molar-refractivity contribution in [3.8, 4) is 5.75 Å². The zero-order valence-corrected chi connectivity index (χ0v) is 26.0. The van der Waals surface area contributed by atoms with Crippen molar-refractivity contribution in [3.05, 3.63) is 89.3 Å². The van der Waals surface area contributed by atoms with E-state index in [1.165, 1.54) is 17.7 Å². The number of hydrogen-bond donors (Lipinski definition) is 1. The molecule has 2 saturated carbocycles. The predicted molar refractivity (Wildman–Crippen MR) is 171 cm³/mol. The Bertz CT molecular complexity index is 1740. The highest BCUT2D eigenvalue weighted by Crippen LogP contribution is 2.48. The Morgan fingerprint density at radius 2 is 1.62 bits per heavy atom. The summed E-state index contributed by atoms with van der Waals surface area (Å²) >= 11 is 0. The van der Waals surface area contributed by atoms with Gasteiger partial charge in [0.25, 0.3) is 5.89 Å². The Morgan fingerprint density at radius 3 is 2.32 bits per heavy atom. The molecule has 4 atom stereocenters. The molecule has 1 aliphatic heterocycles. The molecule has 7 rings (SSSR count). The van der Waals surface area contributed by atoms with E-state index in [1.54, 1.807) is 18.2 Å². The summed E-state index contributed by atoms with van der Waals surface area (Å²) in [5, 5.41) is 0. The molecule has 3 aromatic carbocycles. The number of alkyl halides is 3. The van der Waals surface area contributed by atoms with E-state index in [-0.39, 0.29) is 23.7 Å². The number of ketones is 1. The minimum Gasteiger partial charge on any atom is -0.490 e. The van der Waals surface area contributed by atoms with Gasteiger partial charge < -0.3 is 19.8 Å². The number of benzene rings is 3. The first-order valence-electron chi connectivity index (χ1n) is 16.5. The molecular weight excluding hydrogens is 607 g/mol. The van der Waals surface area contributed by atoms with Crippen LogP contribution in [0.5, 0.6) is 5.75 Å². The maximum Gasteiger partial charge on any atom is 0.416 e. The molecular formula is C37H38F3N3O4. The molecule has 4 aromatic rings. The van der Waals surface area contributed by atoms with E-state index in [9.17, 15) is 22.8 Å². The van der Waals surface area contributed by atoms with Crippen LogP contribution in [0.2, 0.25) is 0 Å². The smallest absolute Gasteiger partial charge is 0.416 e. The van der Waals surface area contributed by atoms with Gasteiger partial charge in [0.05, 0.1) is 5.56 Å². The van der Waals surface area contributed by atoms with E-state index in [2.05, 4.69) is 9.88 Å². The maximum absolute atomic E-state index is 13.7. The number of ether oxygens (including phenoxy) is 1. The van der Waals surface area contributed by atoms with E-state index in [4.69, 9.17) is 14.9 Å². The normalized spacial score (nSPS) is 23.5. The molecule has 0 radical (unpaired) electrons. The molecule has 2 N–H and O–H groups in total. The molecule has 1 aromatic heterocycles. The number of anilines is 1. The molecule has 246 valence electrons. The van der Waals surface area contributed by atoms with Gasteiger partial charge >= 0.3 is 6.18 Å². The Kier molecular flexibility index (Phi) is 8.45. The number of nitrogens with zero attached hydrogens (tertiary/aromatic N) is 2. The van der Waals surface area contributed by atoms with Crippen LogP contribution >= 0.6 is 0 Å². The van der Waals surface area contributed by atoms with Crippen molar-refractivity contribution in [2.75, 3.05) is 18.0 Å². The summed E-state index contributed by atoms with van der Waals surface area (Å²) in [6.07, 6.45) is 3.01. The summed E-state index contributed by atoms with van der Waals surface area (Å²) < 4.78 is 51.0. The number of halogens is 3. The first kappa shape index (κ1) is 31.3. The monoisotopic (exact) mass is 645 g/mol. The van der Waals surface area contributed by atoms with Crippen molar-refractivity contribution in [1.29, 1.82) is 0 Å². The Hall–Kier alpha value is -4.34. The fraction of sp³-hybridized carbons (Fsp3) is 0.432. The number of rotatable bonds is 8. The summed E-state index contributed by atoms with van der Waals surface area (Å²) in [5.41, 5.74) is 8.39. The Balaban J connectivity index is 0.931. The summed E-state index contributed by atoms with van der Waals surface area (Å²) in [6, 6.07) is 18.3. The lowest BCUT2D eigenvalue weighted by Crippen LogP contribution is -2.38. The van der Waals surface area contributed by atoms with Crippen molar-refractivity contribution in [2.24, 2.45) is 29.4 Å². The molecule has 7 nitrogen and oxygen atoms in total. The van der Waals surface area contributed by atoms with Gasteiger partial charge in [-0.25, -0.2) is 4.98 Å². The zero-order chi connectivity index (χ0) is 32.7. The van der Waals surface area contributed by atoms with E-state index < -0.39 is 17.6 Å². The zero-order valence-electron chi connectivity index (χ0n) is 26.0. The van der Waals surface area contributed by atoms with Crippen LogP contribution in [0.15, 0.2) is 71.1 Å². The largest absolute Gasteiger partial charge is 0.490 e. The van der Waals surface area contributed by atoms with E-state index in [0.29, 0.717) is 53.3 Å². The Labute approximate surface area is 271 Å². The van der Waals surface area contributed by atoms with Gasteiger partial charge in [-0.1, -0.05) is 12.1 Å². The number of piperidine rings is 1. The summed E-state index contributed by atoms with van der Waals surface area (Å²) in [7, 11) is 0. The lowest BCUT2D eigenvalue weighted by molar-refractivity contribution is -0.137. The minimum atomic E-state index is -4.34. The molecule has 3 fully saturated rings. The Morgan fingerprint density at radius 1 is 0.894 bits per heavy atom. The quantitative estimate of drug-likeness (QED) is 0.196. The second-order valence-electron chi connectivity index (χ2n) is 13.4. The number of carbonyl (C=O) groups is 2. The van der Waals surface area contributed by atoms with Crippen molar-refractivity contribution >= 4 is 28.5 Å². The average molecular weight is 646 g/mol. The summed E-state index contributed by atoms with van der Waals surface area (Å²) in [6.45, 7) is 1.35. The first-order chi connectivity index (χ1) is 22.6. The third kappa shape index (κ3) is 6.73. The van der Waals surface area contributed by atoms with Crippen molar-refractivity contribution in [1.82, 2.24) is 4.98 Å². The number of fused-ring (bicyclic) bond motifs is 3. The second kappa shape index (κ2) is 12.7. The number of aromatic nitrogens is 1. The molecule has 1 saturated heterocycles. The van der Waals surface area contributed by atoms with Crippen LogP contribution in [0, 0.1) is 23.7 Å². The van der Waals surface area contributed by atoms with Gasteiger partial charge in [-0.15, -0.1) is 0 Å². The van der Waals surface area contributed by atoms with Gasteiger partial charge in [0.1, 0.15) is 17.4 Å². The predicted octanol–water partition coefficient (Wildman–Crippen LogP) is 7.86. The molecule has 0 spiro atoms. The SMILES string of the molecule is NC(=O)c1ccc(CC2CCC3CC2CCC3C(=O)c2nc3ccc(OC4CCN(c5ccc(C(F)(F)F)cc5)CC4)cc3o2)cc1. The third-order valence-electron chi connectivity index (χ3n) is 10.5. The van der Waals surface area contributed by atoms with Crippen LogP contribution in [0.3, 0.4) is 0 Å². The highest BCUT2D eigenvalue weighted by Gasteiger charge is 2.42. The number of nitrogens with two attached hydrogens (primary N) is 1. The third-order valence-corrected chi connectivity index (χ3v) is 10.5. The fourth-order valence-electron chi connectivity index (χ4n) is 7.96. The van der Waals surface area contributed by atoms with Crippen LogP contribution < -0.4 is 15.4 Å². The first-order valence-corrected chi connectivity index (χ1v) is 16.5. The van der Waals surface area contributed by atoms with Gasteiger partial charge in [0.2, 0.25) is 11.7 Å². The van der Waals surface area contributed by atoms with Crippen LogP contribution in [0.1, 0.15) is 77.1 Å². The standard InChI is InChI=1S/C37H38F3N3O4/c38-37(39,40)27-8-10-28(11-9-27)43-17-15-29(16-18-43)46-30-12-14-32-33(21-30)47-36(42-32)34(44)31-13-7-25-20-26(31)6-5-24(25)19-22-1-3-23(4-2-22)35(41)45/h1-4,8-12,14,21,24-26,29,31H,5-7,13,15-20H2,(H2,41,45). The lowest BCUT2D eigenvalue weighted by atomic mass is 9.61. The lowest BCUT2D eigenvalue weighted by Gasteiger charge is -2.43. The van der Waals surface area contributed by atoms with Gasteiger partial charge in [-0.3, -0.25) is 9.59 Å². The molecule has 4 unspecified atom stereocenters. The van der Waals surface area contributed by atoms with Crippen LogP contribution in [-0.2, 0) is 12.6 Å². The van der Waals surface area contributed by atoms with E-state index in [1.807, 2.05) is 24.3 Å². The fourth-order valence-corrected chi connectivity index (χ4v) is 7.96. The molecule has 3 aliphatic rings. The number of Topliss-reactive ketones (excluding diaryl/α,β-unsaturated/α-hetero) is 1. The van der Waals surface area contributed by atoms with E-state index in [0.717, 1.165) is 69.2 Å². The van der Waals surface area contributed by atoms with Crippen LogP contribution in [0.4, 0.5) is 18.9 Å². The van der Waals surface area contributed by atoms with Gasteiger partial charge in [0, 0.05) is 49.2 Å². The van der Waals surface area contributed by atoms with Gasteiger partial charge in [0.15, 0.2) is 5.58 Å². The van der Waals surface area contributed by atoms with Crippen molar-refractivity contribution in [3.63, 3.8) is 0 Å². The number of carbonyl (C=O) groups excluding carboxylic acids is 2. The van der Waals surface area contributed by atoms with Crippen molar-refractivity contribution < 1.29 is 31.9 Å². The topological polar surface area (TPSA) is 98.7 Å². The number of amides is 1. The molecule has 10 heteroatoms. The number of hydrogen-bond acceptors (Lipinski definition) is 6. The minimum absolute atomic E-state index is 0.0109. The number of oxazole rings is 1. The van der Waals surface area contributed by atoms with Gasteiger partial charge in [-0.05, 0) is 110 Å². The maximum atomic E-state index is 13.7. The van der Waals surface area contributed by atoms with E-state index >= 15 is 0 Å². The summed E-state index contributed by atoms with van der Waals surface area (Å²) in [5.74, 6) is 1.79. The molecule has 2 aliphatic carbocycles. The average Bonchev–Trinajstić information content (AvgIpc) is 3.50. The number of primary amides is 1. The molecule has 1 amide bonds. The van der Waals surface area contributed by atoms with Crippen LogP contribution in [0.25, 0.3) is 11.1 Å². The second-order valence-corrected chi connectivity index (χ2v) is 13.4. The molecule has 2 bridgehead atoms. The summed E-state index contributed by atoms with van der Waals surface area (Å²) in [4.78, 5) is 31.7. The highest BCUT2D eigenvalue weighted by atomic mass is 19.4. The molecule has 2 heterocycles. The molecule has 47 heavy (non-hydrogen) atoms. The van der Waals surface area contributed by atoms with Gasteiger partial charge in [-0.2, -0.15) is 13.2 Å².